The van der Waals surface area contributed by atoms with Gasteiger partial charge in [0.25, 0.3) is 0 Å². The van der Waals surface area contributed by atoms with Crippen LogP contribution in [0.3, 0.4) is 0 Å². The largest absolute Gasteiger partial charge is 0.311 e. The number of imidazole rings is 1. The molecular formula is C11H14ClN3S. The Balaban J connectivity index is 1.67. The minimum absolute atomic E-state index is 0.632. The third kappa shape index (κ3) is 1.85. The van der Waals surface area contributed by atoms with Gasteiger partial charge in [-0.1, -0.05) is 18.0 Å². The lowest BCUT2D eigenvalue weighted by atomic mass is 9.85. The monoisotopic (exact) mass is 255 g/mol. The summed E-state index contributed by atoms with van der Waals surface area (Å²) in [6, 6.07) is 0. The third-order valence-electron chi connectivity index (χ3n) is 3.26. The van der Waals surface area contributed by atoms with Gasteiger partial charge in [-0.2, -0.15) is 0 Å². The van der Waals surface area contributed by atoms with Crippen molar-refractivity contribution in [3.8, 4) is 0 Å². The van der Waals surface area contributed by atoms with Crippen molar-refractivity contribution in [2.75, 3.05) is 6.54 Å². The smallest absolute Gasteiger partial charge is 0.195 e. The van der Waals surface area contributed by atoms with Gasteiger partial charge in [0.2, 0.25) is 0 Å². The minimum atomic E-state index is 0.632. The van der Waals surface area contributed by atoms with Crippen LogP contribution in [0.4, 0.5) is 0 Å². The first-order chi connectivity index (χ1) is 7.84. The number of nitrogens with zero attached hydrogens (tertiary/aromatic N) is 2. The summed E-state index contributed by atoms with van der Waals surface area (Å²) in [5, 5.41) is 6.14. The number of hydrogen-bond donors (Lipinski definition) is 1. The second kappa shape index (κ2) is 4.35. The highest BCUT2D eigenvalue weighted by Crippen LogP contribution is 2.26. The fourth-order valence-corrected chi connectivity index (χ4v) is 3.08. The van der Waals surface area contributed by atoms with Crippen molar-refractivity contribution in [1.29, 1.82) is 0 Å². The van der Waals surface area contributed by atoms with E-state index in [0.717, 1.165) is 29.7 Å². The molecule has 86 valence electrons. The predicted octanol–water partition coefficient (Wildman–Crippen LogP) is 2.94. The maximum atomic E-state index is 6.11. The number of fused-ring (bicyclic) bond motifs is 1. The molecule has 0 atom stereocenters. The highest BCUT2D eigenvalue weighted by molar-refractivity contribution is 7.15. The van der Waals surface area contributed by atoms with Crippen molar-refractivity contribution in [1.82, 2.24) is 14.7 Å². The minimum Gasteiger partial charge on any atom is -0.311 e. The molecule has 1 fully saturated rings. The maximum absolute atomic E-state index is 6.11. The summed E-state index contributed by atoms with van der Waals surface area (Å²) >= 11 is 7.72. The van der Waals surface area contributed by atoms with Crippen LogP contribution >= 0.6 is 22.9 Å². The quantitative estimate of drug-likeness (QED) is 0.910. The van der Waals surface area contributed by atoms with Crippen LogP contribution in [0.15, 0.2) is 11.6 Å². The molecular weight excluding hydrogens is 242 g/mol. The van der Waals surface area contributed by atoms with Gasteiger partial charge >= 0.3 is 0 Å². The van der Waals surface area contributed by atoms with Gasteiger partial charge in [0.15, 0.2) is 10.1 Å². The van der Waals surface area contributed by atoms with Crippen LogP contribution in [-0.2, 0) is 6.54 Å². The lowest BCUT2D eigenvalue weighted by Crippen LogP contribution is -2.27. The van der Waals surface area contributed by atoms with E-state index in [1.165, 1.54) is 19.3 Å². The van der Waals surface area contributed by atoms with Gasteiger partial charge in [-0.3, -0.25) is 4.40 Å². The summed E-state index contributed by atoms with van der Waals surface area (Å²) in [6.45, 7) is 1.92. The summed E-state index contributed by atoms with van der Waals surface area (Å²) in [4.78, 5) is 5.29. The molecule has 2 aromatic heterocycles. The molecule has 1 aliphatic carbocycles. The first-order valence-corrected chi connectivity index (χ1v) is 6.91. The molecule has 3 nitrogen and oxygen atoms in total. The summed E-state index contributed by atoms with van der Waals surface area (Å²) in [5.74, 6) is 0.879. The van der Waals surface area contributed by atoms with Crippen molar-refractivity contribution in [2.24, 2.45) is 5.92 Å². The van der Waals surface area contributed by atoms with Crippen LogP contribution in [0.2, 0.25) is 5.15 Å². The number of aromatic nitrogens is 2. The molecule has 2 heterocycles. The molecule has 5 heteroatoms. The van der Waals surface area contributed by atoms with Gasteiger partial charge in [-0.05, 0) is 25.3 Å². The van der Waals surface area contributed by atoms with Crippen molar-refractivity contribution in [3.05, 3.63) is 22.4 Å². The molecule has 0 radical (unpaired) electrons. The van der Waals surface area contributed by atoms with Crippen molar-refractivity contribution in [2.45, 2.75) is 25.8 Å². The molecule has 0 aliphatic heterocycles. The molecule has 0 spiro atoms. The van der Waals surface area contributed by atoms with Crippen molar-refractivity contribution in [3.63, 3.8) is 0 Å². The number of thiazole rings is 1. The summed E-state index contributed by atoms with van der Waals surface area (Å²) in [6.07, 6.45) is 6.18. The molecule has 0 bridgehead atoms. The van der Waals surface area contributed by atoms with Gasteiger partial charge in [-0.25, -0.2) is 4.98 Å². The molecule has 0 amide bonds. The predicted molar refractivity (Wildman–Crippen MR) is 67.1 cm³/mol. The molecule has 3 rings (SSSR count). The number of halogens is 1. The highest BCUT2D eigenvalue weighted by Gasteiger charge is 2.17. The Bertz CT molecular complexity index is 486. The zero-order valence-corrected chi connectivity index (χ0v) is 10.5. The van der Waals surface area contributed by atoms with Crippen molar-refractivity contribution >= 4 is 27.9 Å². The molecule has 16 heavy (non-hydrogen) atoms. The van der Waals surface area contributed by atoms with Gasteiger partial charge in [0.1, 0.15) is 0 Å². The summed E-state index contributed by atoms with van der Waals surface area (Å²) in [7, 11) is 0. The number of hydrogen-bond acceptors (Lipinski definition) is 3. The van der Waals surface area contributed by atoms with E-state index < -0.39 is 0 Å². The zero-order chi connectivity index (χ0) is 11.0. The van der Waals surface area contributed by atoms with Crippen molar-refractivity contribution < 1.29 is 0 Å². The Kier molecular flexibility index (Phi) is 2.88. The van der Waals surface area contributed by atoms with E-state index in [1.807, 2.05) is 11.6 Å². The van der Waals surface area contributed by atoms with E-state index in [2.05, 4.69) is 14.7 Å². The molecule has 0 aromatic carbocycles. The molecule has 1 N–H and O–H groups in total. The van der Waals surface area contributed by atoms with Crippen LogP contribution in [-0.4, -0.2) is 15.9 Å². The first-order valence-electron chi connectivity index (χ1n) is 5.65. The van der Waals surface area contributed by atoms with E-state index in [4.69, 9.17) is 11.6 Å². The average Bonchev–Trinajstić information content (AvgIpc) is 2.72. The van der Waals surface area contributed by atoms with E-state index in [9.17, 15) is 0 Å². The Morgan fingerprint density at radius 1 is 1.56 bits per heavy atom. The molecule has 2 aromatic rings. The second-order valence-electron chi connectivity index (χ2n) is 4.33. The van der Waals surface area contributed by atoms with Crippen LogP contribution in [0.5, 0.6) is 0 Å². The second-order valence-corrected chi connectivity index (χ2v) is 5.56. The van der Waals surface area contributed by atoms with Crippen LogP contribution < -0.4 is 5.32 Å². The molecule has 1 aliphatic rings. The lowest BCUT2D eigenvalue weighted by Gasteiger charge is -2.25. The van der Waals surface area contributed by atoms with E-state index >= 15 is 0 Å². The summed E-state index contributed by atoms with van der Waals surface area (Å²) in [5.41, 5.74) is 1.08. The Morgan fingerprint density at radius 3 is 3.19 bits per heavy atom. The van der Waals surface area contributed by atoms with Crippen LogP contribution in [0, 0.1) is 5.92 Å². The molecule has 1 saturated carbocycles. The Hall–Kier alpha value is -0.580. The number of nitrogens with one attached hydrogen (secondary N) is 1. The van der Waals surface area contributed by atoms with E-state index in [1.54, 1.807) is 11.3 Å². The van der Waals surface area contributed by atoms with E-state index in [-0.39, 0.29) is 0 Å². The zero-order valence-electron chi connectivity index (χ0n) is 8.95. The van der Waals surface area contributed by atoms with Gasteiger partial charge < -0.3 is 5.32 Å². The van der Waals surface area contributed by atoms with Gasteiger partial charge in [0, 0.05) is 18.1 Å². The standard InChI is InChI=1S/C11H14ClN3S/c12-10-9(7-13-6-8-2-1-3-8)15-4-5-16-11(15)14-10/h4-5,8,13H,1-3,6-7H2. The van der Waals surface area contributed by atoms with Crippen LogP contribution in [0.1, 0.15) is 25.0 Å². The third-order valence-corrected chi connectivity index (χ3v) is 4.32. The SMILES string of the molecule is Clc1nc2sccn2c1CNCC1CCC1. The topological polar surface area (TPSA) is 29.3 Å². The fraction of sp³-hybridized carbons (Fsp3) is 0.545. The maximum Gasteiger partial charge on any atom is 0.195 e. The van der Waals surface area contributed by atoms with Gasteiger partial charge in [-0.15, -0.1) is 11.3 Å². The normalized spacial score (nSPS) is 16.8. The molecule has 0 unspecified atom stereocenters. The number of rotatable bonds is 4. The van der Waals surface area contributed by atoms with Crippen LogP contribution in [0.25, 0.3) is 4.96 Å². The summed E-state index contributed by atoms with van der Waals surface area (Å²) < 4.78 is 2.07. The highest BCUT2D eigenvalue weighted by atomic mass is 35.5. The first kappa shape index (κ1) is 10.6. The molecule has 0 saturated heterocycles. The van der Waals surface area contributed by atoms with E-state index in [0.29, 0.717) is 5.15 Å². The Labute approximate surface area is 103 Å². The fourth-order valence-electron chi connectivity index (χ4n) is 2.06. The lowest BCUT2D eigenvalue weighted by molar-refractivity contribution is 0.301. The average molecular weight is 256 g/mol. The van der Waals surface area contributed by atoms with Gasteiger partial charge in [0.05, 0.1) is 5.69 Å². The Morgan fingerprint density at radius 2 is 2.44 bits per heavy atom.